The molecule has 0 aliphatic carbocycles. The molecule has 54 valence electrons. The standard InChI is InChI=1S/C6H12INO/c1-8-3-5-9-4-2-6(8)7/h6H,2-5H2,1H3. The second kappa shape index (κ2) is 3.73. The minimum atomic E-state index is 0.671. The molecule has 0 aromatic heterocycles. The first kappa shape index (κ1) is 7.75. The van der Waals surface area contributed by atoms with E-state index >= 15 is 0 Å². The van der Waals surface area contributed by atoms with Gasteiger partial charge in [0, 0.05) is 13.2 Å². The van der Waals surface area contributed by atoms with Gasteiger partial charge in [0.05, 0.1) is 10.7 Å². The molecule has 1 fully saturated rings. The summed E-state index contributed by atoms with van der Waals surface area (Å²) < 4.78 is 5.96. The highest BCUT2D eigenvalue weighted by Gasteiger charge is 2.12. The average Bonchev–Trinajstić information content (AvgIpc) is 1.99. The van der Waals surface area contributed by atoms with Crippen molar-refractivity contribution in [2.24, 2.45) is 0 Å². The van der Waals surface area contributed by atoms with E-state index in [1.54, 1.807) is 0 Å². The highest BCUT2D eigenvalue weighted by atomic mass is 127. The van der Waals surface area contributed by atoms with Gasteiger partial charge in [0.2, 0.25) is 0 Å². The van der Waals surface area contributed by atoms with Crippen molar-refractivity contribution in [3.63, 3.8) is 0 Å². The van der Waals surface area contributed by atoms with Crippen molar-refractivity contribution >= 4 is 22.6 Å². The Bertz CT molecular complexity index is 79.1. The van der Waals surface area contributed by atoms with Gasteiger partial charge in [0.1, 0.15) is 0 Å². The van der Waals surface area contributed by atoms with E-state index in [4.69, 9.17) is 4.74 Å². The summed E-state index contributed by atoms with van der Waals surface area (Å²) in [5.41, 5.74) is 0. The number of hydrogen-bond donors (Lipinski definition) is 0. The van der Waals surface area contributed by atoms with Crippen molar-refractivity contribution in [2.45, 2.75) is 10.5 Å². The lowest BCUT2D eigenvalue weighted by atomic mass is 10.4. The van der Waals surface area contributed by atoms with Gasteiger partial charge in [-0.1, -0.05) is 22.6 Å². The predicted molar refractivity (Wildman–Crippen MR) is 45.9 cm³/mol. The maximum absolute atomic E-state index is 5.29. The molecule has 0 radical (unpaired) electrons. The van der Waals surface area contributed by atoms with E-state index in [1.807, 2.05) is 0 Å². The molecule has 1 aliphatic rings. The summed E-state index contributed by atoms with van der Waals surface area (Å²) in [6.07, 6.45) is 1.16. The Hall–Kier alpha value is 0.650. The third-order valence-corrected chi connectivity index (χ3v) is 3.14. The summed E-state index contributed by atoms with van der Waals surface area (Å²) in [4.78, 5) is 2.33. The smallest absolute Gasteiger partial charge is 0.0638 e. The van der Waals surface area contributed by atoms with Gasteiger partial charge >= 0.3 is 0 Å². The van der Waals surface area contributed by atoms with Crippen molar-refractivity contribution in [3.8, 4) is 0 Å². The zero-order chi connectivity index (χ0) is 6.69. The topological polar surface area (TPSA) is 12.5 Å². The van der Waals surface area contributed by atoms with Crippen LogP contribution in [0, 0.1) is 0 Å². The zero-order valence-electron chi connectivity index (χ0n) is 5.64. The van der Waals surface area contributed by atoms with Crippen LogP contribution < -0.4 is 0 Å². The van der Waals surface area contributed by atoms with Gasteiger partial charge in [-0.25, -0.2) is 0 Å². The fraction of sp³-hybridized carbons (Fsp3) is 1.00. The molecule has 0 N–H and O–H groups in total. The summed E-state index contributed by atoms with van der Waals surface area (Å²) in [5.74, 6) is 0. The summed E-state index contributed by atoms with van der Waals surface area (Å²) >= 11 is 2.45. The van der Waals surface area contributed by atoms with Crippen LogP contribution in [-0.2, 0) is 4.74 Å². The third kappa shape index (κ3) is 2.39. The molecular formula is C6H12INO. The molecule has 1 heterocycles. The van der Waals surface area contributed by atoms with Crippen LogP contribution in [0.2, 0.25) is 0 Å². The van der Waals surface area contributed by atoms with Crippen LogP contribution in [0.4, 0.5) is 0 Å². The van der Waals surface area contributed by atoms with Crippen LogP contribution >= 0.6 is 22.6 Å². The lowest BCUT2D eigenvalue weighted by molar-refractivity contribution is 0.144. The van der Waals surface area contributed by atoms with Gasteiger partial charge in [-0.2, -0.15) is 0 Å². The van der Waals surface area contributed by atoms with E-state index in [0.29, 0.717) is 4.05 Å². The Morgan fingerprint density at radius 2 is 2.33 bits per heavy atom. The number of nitrogens with zero attached hydrogens (tertiary/aromatic N) is 1. The van der Waals surface area contributed by atoms with Crippen molar-refractivity contribution in [1.29, 1.82) is 0 Å². The van der Waals surface area contributed by atoms with E-state index in [0.717, 1.165) is 26.2 Å². The third-order valence-electron chi connectivity index (χ3n) is 1.57. The van der Waals surface area contributed by atoms with Crippen LogP contribution in [0.15, 0.2) is 0 Å². The van der Waals surface area contributed by atoms with Crippen molar-refractivity contribution in [1.82, 2.24) is 4.90 Å². The monoisotopic (exact) mass is 241 g/mol. The second-order valence-corrected chi connectivity index (χ2v) is 3.75. The van der Waals surface area contributed by atoms with E-state index in [-0.39, 0.29) is 0 Å². The molecule has 1 saturated heterocycles. The average molecular weight is 241 g/mol. The van der Waals surface area contributed by atoms with Crippen LogP contribution in [0.25, 0.3) is 0 Å². The van der Waals surface area contributed by atoms with E-state index in [2.05, 4.69) is 34.5 Å². The highest BCUT2D eigenvalue weighted by molar-refractivity contribution is 14.1. The fourth-order valence-corrected chi connectivity index (χ4v) is 1.38. The van der Waals surface area contributed by atoms with E-state index < -0.39 is 0 Å². The normalized spacial score (nSPS) is 32.0. The summed E-state index contributed by atoms with van der Waals surface area (Å²) in [6.45, 7) is 2.90. The summed E-state index contributed by atoms with van der Waals surface area (Å²) in [6, 6.07) is 0. The Labute approximate surface area is 69.7 Å². The van der Waals surface area contributed by atoms with Crippen LogP contribution in [0.5, 0.6) is 0 Å². The van der Waals surface area contributed by atoms with E-state index in [9.17, 15) is 0 Å². The number of hydrogen-bond acceptors (Lipinski definition) is 2. The first-order chi connectivity index (χ1) is 4.30. The SMILES string of the molecule is CN1CCOCCC1I. The molecule has 0 saturated carbocycles. The molecule has 1 atom stereocenters. The Morgan fingerprint density at radius 1 is 1.56 bits per heavy atom. The maximum Gasteiger partial charge on any atom is 0.0638 e. The zero-order valence-corrected chi connectivity index (χ0v) is 7.80. The molecule has 0 aromatic rings. The van der Waals surface area contributed by atoms with Gasteiger partial charge in [-0.3, -0.25) is 4.90 Å². The molecule has 1 aliphatic heterocycles. The molecule has 3 heteroatoms. The van der Waals surface area contributed by atoms with Crippen molar-refractivity contribution in [3.05, 3.63) is 0 Å². The molecule has 1 rings (SSSR count). The Kier molecular flexibility index (Phi) is 3.21. The molecule has 0 bridgehead atoms. The largest absolute Gasteiger partial charge is 0.380 e. The first-order valence-electron chi connectivity index (χ1n) is 3.23. The first-order valence-corrected chi connectivity index (χ1v) is 4.47. The second-order valence-electron chi connectivity index (χ2n) is 2.32. The van der Waals surface area contributed by atoms with Gasteiger partial charge in [0.15, 0.2) is 0 Å². The molecule has 0 aromatic carbocycles. The van der Waals surface area contributed by atoms with Gasteiger partial charge in [-0.05, 0) is 13.5 Å². The lowest BCUT2D eigenvalue weighted by Crippen LogP contribution is -2.26. The summed E-state index contributed by atoms with van der Waals surface area (Å²) in [7, 11) is 2.14. The maximum atomic E-state index is 5.29. The van der Waals surface area contributed by atoms with Crippen LogP contribution in [0.3, 0.4) is 0 Å². The van der Waals surface area contributed by atoms with Crippen molar-refractivity contribution < 1.29 is 4.74 Å². The van der Waals surface area contributed by atoms with Crippen LogP contribution in [0.1, 0.15) is 6.42 Å². The molecular weight excluding hydrogens is 229 g/mol. The van der Waals surface area contributed by atoms with Gasteiger partial charge < -0.3 is 4.74 Å². The molecule has 1 unspecified atom stereocenters. The number of likely N-dealkylation sites (N-methyl/N-ethyl adjacent to an activating group) is 1. The Balaban J connectivity index is 2.32. The minimum absolute atomic E-state index is 0.671. The molecule has 9 heavy (non-hydrogen) atoms. The highest BCUT2D eigenvalue weighted by Crippen LogP contribution is 2.12. The minimum Gasteiger partial charge on any atom is -0.380 e. The Morgan fingerprint density at radius 3 is 3.11 bits per heavy atom. The van der Waals surface area contributed by atoms with Crippen molar-refractivity contribution in [2.75, 3.05) is 26.8 Å². The quantitative estimate of drug-likeness (QED) is 0.357. The molecule has 0 spiro atoms. The van der Waals surface area contributed by atoms with Gasteiger partial charge in [-0.15, -0.1) is 0 Å². The number of halogens is 1. The van der Waals surface area contributed by atoms with Gasteiger partial charge in [0.25, 0.3) is 0 Å². The van der Waals surface area contributed by atoms with E-state index in [1.165, 1.54) is 0 Å². The fourth-order valence-electron chi connectivity index (χ4n) is 0.852. The predicted octanol–water partition coefficient (Wildman–Crippen LogP) is 1.10. The summed E-state index contributed by atoms with van der Waals surface area (Å²) in [5, 5.41) is 0. The lowest BCUT2D eigenvalue weighted by Gasteiger charge is -2.17. The molecule has 0 amide bonds. The van der Waals surface area contributed by atoms with Crippen LogP contribution in [-0.4, -0.2) is 35.8 Å². The number of alkyl halides is 1. The molecule has 2 nitrogen and oxygen atoms in total. The number of rotatable bonds is 0. The number of ether oxygens (including phenoxy) is 1.